The zero-order valence-electron chi connectivity index (χ0n) is 13.5. The summed E-state index contributed by atoms with van der Waals surface area (Å²) in [5, 5.41) is 3.52. The molecular formula is C16H30F3NO. The van der Waals surface area contributed by atoms with Crippen molar-refractivity contribution < 1.29 is 17.9 Å². The van der Waals surface area contributed by atoms with Crippen molar-refractivity contribution in [3.05, 3.63) is 0 Å². The lowest BCUT2D eigenvalue weighted by molar-refractivity contribution is -0.174. The first-order valence-electron chi connectivity index (χ1n) is 8.19. The van der Waals surface area contributed by atoms with Gasteiger partial charge in [0.25, 0.3) is 0 Å². The third kappa shape index (κ3) is 8.05. The molecule has 0 aliphatic heterocycles. The van der Waals surface area contributed by atoms with E-state index in [1.165, 1.54) is 19.3 Å². The Morgan fingerprint density at radius 2 is 1.76 bits per heavy atom. The Balaban J connectivity index is 2.43. The first-order chi connectivity index (χ1) is 9.81. The van der Waals surface area contributed by atoms with Gasteiger partial charge in [0.1, 0.15) is 6.61 Å². The standard InChI is InChI=1S/C16H30F3NO/c1-4-6-20-15(5-7-21-11-16(17,18)19)14-9-12(2)8-13(3)10-14/h12-15,20H,4-11H2,1-3H3. The molecule has 1 rings (SSSR count). The van der Waals surface area contributed by atoms with Crippen molar-refractivity contribution in [3.63, 3.8) is 0 Å². The molecule has 0 bridgehead atoms. The molecule has 2 nitrogen and oxygen atoms in total. The number of alkyl halides is 3. The molecule has 1 aliphatic rings. The Bertz CT molecular complexity index is 273. The molecule has 1 N–H and O–H groups in total. The maximum absolute atomic E-state index is 12.1. The number of nitrogens with one attached hydrogen (secondary N) is 1. The predicted molar refractivity (Wildman–Crippen MR) is 79.2 cm³/mol. The van der Waals surface area contributed by atoms with Crippen molar-refractivity contribution in [1.29, 1.82) is 0 Å². The van der Waals surface area contributed by atoms with Crippen molar-refractivity contribution in [2.45, 2.75) is 65.1 Å². The highest BCUT2D eigenvalue weighted by atomic mass is 19.4. The smallest absolute Gasteiger partial charge is 0.372 e. The first-order valence-corrected chi connectivity index (χ1v) is 8.19. The van der Waals surface area contributed by atoms with Crippen molar-refractivity contribution in [2.24, 2.45) is 17.8 Å². The zero-order valence-corrected chi connectivity index (χ0v) is 13.5. The van der Waals surface area contributed by atoms with Crippen LogP contribution in [0.3, 0.4) is 0 Å². The molecule has 0 aromatic rings. The molecule has 126 valence electrons. The van der Waals surface area contributed by atoms with Crippen LogP contribution >= 0.6 is 0 Å². The third-order valence-corrected chi connectivity index (χ3v) is 4.28. The molecule has 0 aromatic carbocycles. The zero-order chi connectivity index (χ0) is 15.9. The highest BCUT2D eigenvalue weighted by Crippen LogP contribution is 2.35. The van der Waals surface area contributed by atoms with E-state index in [0.717, 1.165) is 13.0 Å². The Kier molecular flexibility index (Phi) is 8.03. The summed E-state index contributed by atoms with van der Waals surface area (Å²) in [6.07, 6.45) is 1.09. The molecule has 3 unspecified atom stereocenters. The van der Waals surface area contributed by atoms with Gasteiger partial charge >= 0.3 is 6.18 Å². The second-order valence-electron chi connectivity index (χ2n) is 6.69. The van der Waals surface area contributed by atoms with E-state index in [2.05, 4.69) is 26.1 Å². The number of ether oxygens (including phenoxy) is 1. The summed E-state index contributed by atoms with van der Waals surface area (Å²) in [7, 11) is 0. The van der Waals surface area contributed by atoms with Crippen molar-refractivity contribution in [3.8, 4) is 0 Å². The molecule has 0 spiro atoms. The van der Waals surface area contributed by atoms with E-state index in [9.17, 15) is 13.2 Å². The van der Waals surface area contributed by atoms with Crippen LogP contribution in [0.4, 0.5) is 13.2 Å². The Labute approximate surface area is 126 Å². The van der Waals surface area contributed by atoms with Gasteiger partial charge in [0.2, 0.25) is 0 Å². The van der Waals surface area contributed by atoms with Gasteiger partial charge in [0.05, 0.1) is 0 Å². The van der Waals surface area contributed by atoms with Gasteiger partial charge in [-0.3, -0.25) is 0 Å². The van der Waals surface area contributed by atoms with Gasteiger partial charge < -0.3 is 10.1 Å². The molecule has 1 aliphatic carbocycles. The van der Waals surface area contributed by atoms with Crippen molar-refractivity contribution in [2.75, 3.05) is 19.8 Å². The van der Waals surface area contributed by atoms with Crippen LogP contribution in [0, 0.1) is 17.8 Å². The fourth-order valence-corrected chi connectivity index (χ4v) is 3.57. The molecular weight excluding hydrogens is 279 g/mol. The van der Waals surface area contributed by atoms with Crippen LogP contribution in [-0.2, 0) is 4.74 Å². The van der Waals surface area contributed by atoms with Crippen LogP contribution in [-0.4, -0.2) is 32.0 Å². The summed E-state index contributed by atoms with van der Waals surface area (Å²) in [6.45, 7) is 6.63. The summed E-state index contributed by atoms with van der Waals surface area (Å²) in [5.41, 5.74) is 0. The van der Waals surface area contributed by atoms with E-state index >= 15 is 0 Å². The first kappa shape index (κ1) is 18.8. The van der Waals surface area contributed by atoms with E-state index in [4.69, 9.17) is 4.74 Å². The summed E-state index contributed by atoms with van der Waals surface area (Å²) in [4.78, 5) is 0. The van der Waals surface area contributed by atoms with E-state index in [0.29, 0.717) is 24.2 Å². The topological polar surface area (TPSA) is 21.3 Å². The Morgan fingerprint density at radius 3 is 2.29 bits per heavy atom. The number of rotatable bonds is 8. The number of hydrogen-bond donors (Lipinski definition) is 1. The fraction of sp³-hybridized carbons (Fsp3) is 1.00. The van der Waals surface area contributed by atoms with Crippen LogP contribution in [0.25, 0.3) is 0 Å². The highest BCUT2D eigenvalue weighted by Gasteiger charge is 2.30. The second-order valence-corrected chi connectivity index (χ2v) is 6.69. The lowest BCUT2D eigenvalue weighted by atomic mass is 9.73. The molecule has 21 heavy (non-hydrogen) atoms. The monoisotopic (exact) mass is 309 g/mol. The largest absolute Gasteiger partial charge is 0.411 e. The summed E-state index contributed by atoms with van der Waals surface area (Å²) in [6, 6.07) is 0.281. The van der Waals surface area contributed by atoms with Gasteiger partial charge in [-0.05, 0) is 56.4 Å². The van der Waals surface area contributed by atoms with E-state index in [1.807, 2.05) is 0 Å². The fourth-order valence-electron chi connectivity index (χ4n) is 3.57. The molecule has 0 saturated heterocycles. The van der Waals surface area contributed by atoms with E-state index in [1.54, 1.807) is 0 Å². The minimum absolute atomic E-state index is 0.181. The van der Waals surface area contributed by atoms with Crippen molar-refractivity contribution in [1.82, 2.24) is 5.32 Å². The van der Waals surface area contributed by atoms with Crippen LogP contribution < -0.4 is 5.32 Å². The molecule has 5 heteroatoms. The predicted octanol–water partition coefficient (Wildman–Crippen LogP) is 4.40. The van der Waals surface area contributed by atoms with Crippen LogP contribution in [0.1, 0.15) is 52.9 Å². The minimum atomic E-state index is -4.22. The Morgan fingerprint density at radius 1 is 1.14 bits per heavy atom. The van der Waals surface area contributed by atoms with Gasteiger partial charge in [-0.1, -0.05) is 20.8 Å². The van der Waals surface area contributed by atoms with Gasteiger partial charge in [-0.25, -0.2) is 0 Å². The summed E-state index contributed by atoms with van der Waals surface area (Å²) in [5.74, 6) is 1.98. The summed E-state index contributed by atoms with van der Waals surface area (Å²) >= 11 is 0. The Hall–Kier alpha value is -0.290. The third-order valence-electron chi connectivity index (χ3n) is 4.28. The highest BCUT2D eigenvalue weighted by molar-refractivity contribution is 4.83. The van der Waals surface area contributed by atoms with Gasteiger partial charge in [-0.2, -0.15) is 13.2 Å². The average molecular weight is 309 g/mol. The normalized spacial score (nSPS) is 28.6. The minimum Gasteiger partial charge on any atom is -0.372 e. The van der Waals surface area contributed by atoms with Crippen LogP contribution in [0.5, 0.6) is 0 Å². The van der Waals surface area contributed by atoms with Crippen molar-refractivity contribution >= 4 is 0 Å². The van der Waals surface area contributed by atoms with Crippen LogP contribution in [0.2, 0.25) is 0 Å². The maximum atomic E-state index is 12.1. The molecule has 1 fully saturated rings. The number of hydrogen-bond acceptors (Lipinski definition) is 2. The lowest BCUT2D eigenvalue weighted by Crippen LogP contribution is -2.41. The van der Waals surface area contributed by atoms with Crippen LogP contribution in [0.15, 0.2) is 0 Å². The molecule has 0 radical (unpaired) electrons. The molecule has 0 amide bonds. The SMILES string of the molecule is CCCNC(CCOCC(F)(F)F)C1CC(C)CC(C)C1. The molecule has 3 atom stereocenters. The van der Waals surface area contributed by atoms with Gasteiger partial charge in [0, 0.05) is 12.6 Å². The average Bonchev–Trinajstić information content (AvgIpc) is 2.35. The quantitative estimate of drug-likeness (QED) is 0.671. The maximum Gasteiger partial charge on any atom is 0.411 e. The molecule has 0 aromatic heterocycles. The second kappa shape index (κ2) is 8.99. The summed E-state index contributed by atoms with van der Waals surface area (Å²) < 4.78 is 41.1. The molecule has 1 saturated carbocycles. The lowest BCUT2D eigenvalue weighted by Gasteiger charge is -2.37. The van der Waals surface area contributed by atoms with Gasteiger partial charge in [0.15, 0.2) is 0 Å². The molecule has 0 heterocycles. The van der Waals surface area contributed by atoms with E-state index in [-0.39, 0.29) is 12.6 Å². The van der Waals surface area contributed by atoms with E-state index < -0.39 is 12.8 Å². The van der Waals surface area contributed by atoms with Gasteiger partial charge in [-0.15, -0.1) is 0 Å². The number of halogens is 3.